The summed E-state index contributed by atoms with van der Waals surface area (Å²) in [6.07, 6.45) is 0. The van der Waals surface area contributed by atoms with E-state index in [4.69, 9.17) is 16.2 Å². The summed E-state index contributed by atoms with van der Waals surface area (Å²) in [5, 5.41) is 3.31. The molecule has 0 saturated carbocycles. The van der Waals surface area contributed by atoms with Crippen molar-refractivity contribution in [2.45, 2.75) is 6.61 Å². The Balaban J connectivity index is 2.28. The second-order valence-corrected chi connectivity index (χ2v) is 4.05. The Bertz CT molecular complexity index is 523. The lowest BCUT2D eigenvalue weighted by Gasteiger charge is -2.13. The first-order valence-electron chi connectivity index (χ1n) is 5.69. The maximum Gasteiger partial charge on any atom is 0.0753 e. The number of rotatable bonds is 4. The smallest absolute Gasteiger partial charge is 0.0753 e. The molecule has 0 heterocycles. The molecule has 0 saturated heterocycles. The summed E-state index contributed by atoms with van der Waals surface area (Å²) in [7, 11) is 1.65. The number of hydrogen-bond donors (Lipinski definition) is 3. The van der Waals surface area contributed by atoms with E-state index in [1.807, 2.05) is 42.5 Å². The highest BCUT2D eigenvalue weighted by Crippen LogP contribution is 2.26. The van der Waals surface area contributed by atoms with Crippen LogP contribution in [-0.2, 0) is 11.3 Å². The van der Waals surface area contributed by atoms with Gasteiger partial charge in [-0.3, -0.25) is 0 Å². The molecule has 0 aromatic heterocycles. The SMILES string of the molecule is COCc1c(N)cccc1Nc1ccc(N)cc1. The second kappa shape index (κ2) is 5.42. The average molecular weight is 243 g/mol. The van der Waals surface area contributed by atoms with Gasteiger partial charge in [-0.15, -0.1) is 0 Å². The molecule has 2 aromatic rings. The molecule has 5 N–H and O–H groups in total. The Labute approximate surface area is 107 Å². The van der Waals surface area contributed by atoms with Crippen LogP contribution in [0.1, 0.15) is 5.56 Å². The molecule has 0 aliphatic carbocycles. The van der Waals surface area contributed by atoms with Gasteiger partial charge in [0.05, 0.1) is 6.61 Å². The van der Waals surface area contributed by atoms with E-state index < -0.39 is 0 Å². The summed E-state index contributed by atoms with van der Waals surface area (Å²) < 4.78 is 5.17. The third-order valence-corrected chi connectivity index (χ3v) is 2.69. The van der Waals surface area contributed by atoms with Gasteiger partial charge in [0.2, 0.25) is 0 Å². The minimum Gasteiger partial charge on any atom is -0.399 e. The minimum atomic E-state index is 0.476. The van der Waals surface area contributed by atoms with Crippen molar-refractivity contribution in [1.82, 2.24) is 0 Å². The second-order valence-electron chi connectivity index (χ2n) is 4.05. The van der Waals surface area contributed by atoms with Gasteiger partial charge >= 0.3 is 0 Å². The van der Waals surface area contributed by atoms with Crippen LogP contribution in [0.5, 0.6) is 0 Å². The van der Waals surface area contributed by atoms with E-state index in [9.17, 15) is 0 Å². The number of methoxy groups -OCH3 is 1. The van der Waals surface area contributed by atoms with Crippen molar-refractivity contribution in [2.75, 3.05) is 23.9 Å². The number of nitrogens with one attached hydrogen (secondary N) is 1. The number of benzene rings is 2. The van der Waals surface area contributed by atoms with E-state index in [1.54, 1.807) is 7.11 Å². The normalized spacial score (nSPS) is 10.3. The van der Waals surface area contributed by atoms with Gasteiger partial charge in [-0.1, -0.05) is 6.07 Å². The quantitative estimate of drug-likeness (QED) is 0.722. The van der Waals surface area contributed by atoms with Gasteiger partial charge in [0.25, 0.3) is 0 Å². The summed E-state index contributed by atoms with van der Waals surface area (Å²) in [5.41, 5.74) is 15.9. The molecule has 0 atom stereocenters. The molecule has 0 radical (unpaired) electrons. The monoisotopic (exact) mass is 243 g/mol. The van der Waals surface area contributed by atoms with Crippen LogP contribution in [0, 0.1) is 0 Å². The molecular weight excluding hydrogens is 226 g/mol. The molecule has 94 valence electrons. The van der Waals surface area contributed by atoms with Crippen LogP contribution in [0.2, 0.25) is 0 Å². The van der Waals surface area contributed by atoms with Crippen molar-refractivity contribution in [2.24, 2.45) is 0 Å². The van der Waals surface area contributed by atoms with Crippen molar-refractivity contribution in [3.8, 4) is 0 Å². The maximum atomic E-state index is 5.95. The lowest BCUT2D eigenvalue weighted by Crippen LogP contribution is -2.02. The molecule has 0 amide bonds. The van der Waals surface area contributed by atoms with E-state index >= 15 is 0 Å². The van der Waals surface area contributed by atoms with Gasteiger partial charge < -0.3 is 21.5 Å². The molecule has 0 fully saturated rings. The van der Waals surface area contributed by atoms with Crippen LogP contribution >= 0.6 is 0 Å². The van der Waals surface area contributed by atoms with Gasteiger partial charge in [-0.2, -0.15) is 0 Å². The molecule has 18 heavy (non-hydrogen) atoms. The first kappa shape index (κ1) is 12.3. The Morgan fingerprint density at radius 3 is 2.44 bits per heavy atom. The van der Waals surface area contributed by atoms with Gasteiger partial charge in [0, 0.05) is 35.4 Å². The molecular formula is C14H17N3O. The highest BCUT2D eigenvalue weighted by molar-refractivity contribution is 5.70. The lowest BCUT2D eigenvalue weighted by molar-refractivity contribution is 0.186. The van der Waals surface area contributed by atoms with E-state index in [2.05, 4.69) is 5.32 Å². The molecule has 4 nitrogen and oxygen atoms in total. The molecule has 0 aliphatic rings. The summed E-state index contributed by atoms with van der Waals surface area (Å²) in [5.74, 6) is 0. The highest BCUT2D eigenvalue weighted by Gasteiger charge is 2.06. The van der Waals surface area contributed by atoms with E-state index in [0.717, 1.165) is 28.3 Å². The van der Waals surface area contributed by atoms with Crippen LogP contribution < -0.4 is 16.8 Å². The van der Waals surface area contributed by atoms with Crippen molar-refractivity contribution >= 4 is 22.7 Å². The van der Waals surface area contributed by atoms with Crippen molar-refractivity contribution < 1.29 is 4.74 Å². The summed E-state index contributed by atoms with van der Waals surface area (Å²) in [4.78, 5) is 0. The number of ether oxygens (including phenoxy) is 1. The summed E-state index contributed by atoms with van der Waals surface area (Å²) >= 11 is 0. The number of hydrogen-bond acceptors (Lipinski definition) is 4. The average Bonchev–Trinajstić information content (AvgIpc) is 2.36. The van der Waals surface area contributed by atoms with Crippen molar-refractivity contribution in [3.63, 3.8) is 0 Å². The van der Waals surface area contributed by atoms with Gasteiger partial charge in [0.15, 0.2) is 0 Å². The highest BCUT2D eigenvalue weighted by atomic mass is 16.5. The van der Waals surface area contributed by atoms with E-state index in [0.29, 0.717) is 6.61 Å². The van der Waals surface area contributed by atoms with Gasteiger partial charge in [-0.05, 0) is 36.4 Å². The predicted molar refractivity (Wildman–Crippen MR) is 75.7 cm³/mol. The largest absolute Gasteiger partial charge is 0.399 e. The van der Waals surface area contributed by atoms with Crippen LogP contribution in [0.4, 0.5) is 22.7 Å². The van der Waals surface area contributed by atoms with E-state index in [-0.39, 0.29) is 0 Å². The Hall–Kier alpha value is -2.20. The summed E-state index contributed by atoms with van der Waals surface area (Å²) in [6, 6.07) is 13.3. The van der Waals surface area contributed by atoms with Crippen molar-refractivity contribution in [1.29, 1.82) is 0 Å². The number of nitrogens with two attached hydrogens (primary N) is 2. The first-order chi connectivity index (χ1) is 8.70. The number of anilines is 4. The fourth-order valence-electron chi connectivity index (χ4n) is 1.75. The molecule has 0 aliphatic heterocycles. The van der Waals surface area contributed by atoms with Crippen LogP contribution in [-0.4, -0.2) is 7.11 Å². The Morgan fingerprint density at radius 2 is 1.78 bits per heavy atom. The van der Waals surface area contributed by atoms with Gasteiger partial charge in [0.1, 0.15) is 0 Å². The van der Waals surface area contributed by atoms with Crippen molar-refractivity contribution in [3.05, 3.63) is 48.0 Å². The fraction of sp³-hybridized carbons (Fsp3) is 0.143. The minimum absolute atomic E-state index is 0.476. The third kappa shape index (κ3) is 2.73. The standard InChI is InChI=1S/C14H17N3O/c1-18-9-12-13(16)3-2-4-14(12)17-11-7-5-10(15)6-8-11/h2-8,17H,9,15-16H2,1H3. The molecule has 4 heteroatoms. The van der Waals surface area contributed by atoms with E-state index in [1.165, 1.54) is 0 Å². The predicted octanol–water partition coefficient (Wildman–Crippen LogP) is 2.74. The number of nitrogen functional groups attached to an aromatic ring is 2. The maximum absolute atomic E-state index is 5.95. The molecule has 2 rings (SSSR count). The zero-order valence-electron chi connectivity index (χ0n) is 10.3. The molecule has 0 bridgehead atoms. The lowest BCUT2D eigenvalue weighted by atomic mass is 10.1. The summed E-state index contributed by atoms with van der Waals surface area (Å²) in [6.45, 7) is 0.476. The fourth-order valence-corrected chi connectivity index (χ4v) is 1.75. The van der Waals surface area contributed by atoms with Crippen LogP contribution in [0.3, 0.4) is 0 Å². The third-order valence-electron chi connectivity index (χ3n) is 2.69. The zero-order chi connectivity index (χ0) is 13.0. The Kier molecular flexibility index (Phi) is 3.69. The topological polar surface area (TPSA) is 73.3 Å². The molecule has 0 spiro atoms. The zero-order valence-corrected chi connectivity index (χ0v) is 10.3. The van der Waals surface area contributed by atoms with Crippen LogP contribution in [0.15, 0.2) is 42.5 Å². The first-order valence-corrected chi connectivity index (χ1v) is 5.69. The molecule has 2 aromatic carbocycles. The van der Waals surface area contributed by atoms with Crippen LogP contribution in [0.25, 0.3) is 0 Å². The molecule has 0 unspecified atom stereocenters. The Morgan fingerprint density at radius 1 is 1.06 bits per heavy atom. The van der Waals surface area contributed by atoms with Gasteiger partial charge in [-0.25, -0.2) is 0 Å².